The molecule has 1 fully saturated rings. The highest BCUT2D eigenvalue weighted by Crippen LogP contribution is 2.14. The summed E-state index contributed by atoms with van der Waals surface area (Å²) < 4.78 is 0. The van der Waals surface area contributed by atoms with Crippen LogP contribution in [-0.4, -0.2) is 42.5 Å². The van der Waals surface area contributed by atoms with Crippen LogP contribution in [0.4, 0.5) is 0 Å². The van der Waals surface area contributed by atoms with E-state index in [1.54, 1.807) is 0 Å². The number of benzene rings is 1. The van der Waals surface area contributed by atoms with Crippen LogP contribution in [-0.2, 0) is 6.42 Å². The summed E-state index contributed by atoms with van der Waals surface area (Å²) in [6, 6.07) is 11.3. The summed E-state index contributed by atoms with van der Waals surface area (Å²) in [5.74, 6) is 0. The predicted octanol–water partition coefficient (Wildman–Crippen LogP) is 1.99. The third-order valence-corrected chi connectivity index (χ3v) is 3.28. The van der Waals surface area contributed by atoms with Crippen LogP contribution < -0.4 is 0 Å². The van der Waals surface area contributed by atoms with Gasteiger partial charge in [0.05, 0.1) is 0 Å². The summed E-state index contributed by atoms with van der Waals surface area (Å²) in [7, 11) is 2.19. The molecule has 1 aliphatic heterocycles. The Labute approximate surface area is 98.2 Å². The maximum atomic E-state index is 3.91. The van der Waals surface area contributed by atoms with Crippen molar-refractivity contribution in [2.75, 3.05) is 26.7 Å². The van der Waals surface area contributed by atoms with Crippen molar-refractivity contribution in [2.24, 2.45) is 0 Å². The Morgan fingerprint density at radius 1 is 1.31 bits per heavy atom. The molecule has 1 aliphatic rings. The molecule has 0 N–H and O–H groups in total. The van der Waals surface area contributed by atoms with Crippen LogP contribution >= 0.6 is 0 Å². The van der Waals surface area contributed by atoms with Crippen LogP contribution in [0.2, 0.25) is 0 Å². The first kappa shape index (κ1) is 11.2. The topological polar surface area (TPSA) is 6.48 Å². The molecule has 16 heavy (non-hydrogen) atoms. The zero-order valence-corrected chi connectivity index (χ0v) is 9.97. The van der Waals surface area contributed by atoms with Gasteiger partial charge in [0.15, 0.2) is 0 Å². The Balaban J connectivity index is 2.03. The van der Waals surface area contributed by atoms with Crippen molar-refractivity contribution in [2.45, 2.75) is 12.5 Å². The molecule has 1 aromatic carbocycles. The molecule has 2 heteroatoms. The normalized spacial score (nSPS) is 22.1. The molecule has 0 saturated carbocycles. The summed E-state index contributed by atoms with van der Waals surface area (Å²) in [5.41, 5.74) is 1.41. The average Bonchev–Trinajstić information content (AvgIpc) is 2.31. The Kier molecular flexibility index (Phi) is 3.62. The molecule has 1 unspecified atom stereocenters. The fourth-order valence-corrected chi connectivity index (χ4v) is 2.33. The van der Waals surface area contributed by atoms with Crippen LogP contribution in [0.25, 0.3) is 0 Å². The largest absolute Gasteiger partial charge is 0.372 e. The monoisotopic (exact) mass is 216 g/mol. The summed E-state index contributed by atoms with van der Waals surface area (Å²) >= 11 is 0. The molecule has 1 atom stereocenters. The molecule has 0 spiro atoms. The van der Waals surface area contributed by atoms with Gasteiger partial charge in [0, 0.05) is 25.7 Å². The van der Waals surface area contributed by atoms with E-state index in [9.17, 15) is 0 Å². The first-order valence-electron chi connectivity index (χ1n) is 5.90. The lowest BCUT2D eigenvalue weighted by atomic mass is 10.0. The van der Waals surface area contributed by atoms with E-state index in [1.165, 1.54) is 5.56 Å². The minimum absolute atomic E-state index is 0.568. The lowest BCUT2D eigenvalue weighted by Crippen LogP contribution is -2.50. The molecule has 86 valence electrons. The van der Waals surface area contributed by atoms with E-state index in [-0.39, 0.29) is 0 Å². The van der Waals surface area contributed by atoms with Crippen LogP contribution in [0.3, 0.4) is 0 Å². The van der Waals surface area contributed by atoms with Gasteiger partial charge in [-0.3, -0.25) is 0 Å². The van der Waals surface area contributed by atoms with Crippen LogP contribution in [0, 0.1) is 0 Å². The fourth-order valence-electron chi connectivity index (χ4n) is 2.33. The van der Waals surface area contributed by atoms with Crippen molar-refractivity contribution in [3.63, 3.8) is 0 Å². The smallest absolute Gasteiger partial charge is 0.0452 e. The number of rotatable bonds is 3. The van der Waals surface area contributed by atoms with E-state index < -0.39 is 0 Å². The molecule has 2 rings (SSSR count). The Hall–Kier alpha value is -1.28. The molecule has 0 aromatic heterocycles. The highest BCUT2D eigenvalue weighted by atomic mass is 15.3. The first-order chi connectivity index (χ1) is 7.79. The maximum Gasteiger partial charge on any atom is 0.0452 e. The first-order valence-corrected chi connectivity index (χ1v) is 5.90. The van der Waals surface area contributed by atoms with Crippen LogP contribution in [0.5, 0.6) is 0 Å². The number of hydrogen-bond donors (Lipinski definition) is 0. The van der Waals surface area contributed by atoms with E-state index in [0.29, 0.717) is 6.04 Å². The van der Waals surface area contributed by atoms with E-state index >= 15 is 0 Å². The molecule has 0 bridgehead atoms. The van der Waals surface area contributed by atoms with Crippen molar-refractivity contribution < 1.29 is 0 Å². The van der Waals surface area contributed by atoms with Gasteiger partial charge in [0.2, 0.25) is 0 Å². The molecule has 2 nitrogen and oxygen atoms in total. The highest BCUT2D eigenvalue weighted by Gasteiger charge is 2.22. The zero-order valence-electron chi connectivity index (χ0n) is 9.97. The minimum atomic E-state index is 0.568. The van der Waals surface area contributed by atoms with Gasteiger partial charge in [0.25, 0.3) is 0 Å². The van der Waals surface area contributed by atoms with E-state index in [2.05, 4.69) is 53.8 Å². The van der Waals surface area contributed by atoms with Crippen molar-refractivity contribution in [3.8, 4) is 0 Å². The van der Waals surface area contributed by atoms with Crippen molar-refractivity contribution >= 4 is 0 Å². The molecular weight excluding hydrogens is 196 g/mol. The predicted molar refractivity (Wildman–Crippen MR) is 68.3 cm³/mol. The number of piperazine rings is 1. The average molecular weight is 216 g/mol. The SMILES string of the molecule is C=CN1CCN(C)CC1Cc1ccccc1. The Bertz CT molecular complexity index is 334. The number of nitrogens with zero attached hydrogens (tertiary/aromatic N) is 2. The van der Waals surface area contributed by atoms with Crippen LogP contribution in [0.1, 0.15) is 5.56 Å². The summed E-state index contributed by atoms with van der Waals surface area (Å²) in [4.78, 5) is 4.76. The van der Waals surface area contributed by atoms with Gasteiger partial charge < -0.3 is 9.80 Å². The molecule has 1 saturated heterocycles. The summed E-state index contributed by atoms with van der Waals surface area (Å²) in [6.07, 6.45) is 3.10. The molecular formula is C14H20N2. The standard InChI is InChI=1S/C14H20N2/c1-3-16-10-9-15(2)12-14(16)11-13-7-5-4-6-8-13/h3-8,14H,1,9-12H2,2H3. The number of hydrogen-bond acceptors (Lipinski definition) is 2. The van der Waals surface area contributed by atoms with Gasteiger partial charge in [-0.2, -0.15) is 0 Å². The Morgan fingerprint density at radius 3 is 2.75 bits per heavy atom. The number of likely N-dealkylation sites (N-methyl/N-ethyl adjacent to an activating group) is 1. The third-order valence-electron chi connectivity index (χ3n) is 3.28. The molecule has 1 heterocycles. The van der Waals surface area contributed by atoms with Crippen LogP contribution in [0.15, 0.2) is 43.1 Å². The van der Waals surface area contributed by atoms with E-state index in [0.717, 1.165) is 26.1 Å². The van der Waals surface area contributed by atoms with Gasteiger partial charge >= 0.3 is 0 Å². The Morgan fingerprint density at radius 2 is 2.06 bits per heavy atom. The van der Waals surface area contributed by atoms with Gasteiger partial charge in [-0.15, -0.1) is 0 Å². The second-order valence-electron chi connectivity index (χ2n) is 4.53. The van der Waals surface area contributed by atoms with Gasteiger partial charge in [-0.25, -0.2) is 0 Å². The van der Waals surface area contributed by atoms with Gasteiger partial charge in [-0.05, 0) is 25.2 Å². The molecule has 0 aliphatic carbocycles. The lowest BCUT2D eigenvalue weighted by Gasteiger charge is -2.39. The second kappa shape index (κ2) is 5.17. The summed E-state index contributed by atoms with van der Waals surface area (Å²) in [6.45, 7) is 7.27. The van der Waals surface area contributed by atoms with E-state index in [4.69, 9.17) is 0 Å². The van der Waals surface area contributed by atoms with Gasteiger partial charge in [0.1, 0.15) is 0 Å². The van der Waals surface area contributed by atoms with Crippen molar-refractivity contribution in [1.82, 2.24) is 9.80 Å². The quantitative estimate of drug-likeness (QED) is 0.762. The zero-order chi connectivity index (χ0) is 11.4. The summed E-state index contributed by atoms with van der Waals surface area (Å²) in [5, 5.41) is 0. The van der Waals surface area contributed by atoms with Crippen molar-refractivity contribution in [3.05, 3.63) is 48.7 Å². The van der Waals surface area contributed by atoms with Crippen molar-refractivity contribution in [1.29, 1.82) is 0 Å². The molecule has 0 amide bonds. The molecule has 1 aromatic rings. The van der Waals surface area contributed by atoms with Gasteiger partial charge in [-0.1, -0.05) is 36.9 Å². The van der Waals surface area contributed by atoms with E-state index in [1.807, 2.05) is 6.20 Å². The fraction of sp³-hybridized carbons (Fsp3) is 0.429. The minimum Gasteiger partial charge on any atom is -0.372 e. The molecule has 0 radical (unpaired) electrons. The maximum absolute atomic E-state index is 3.91. The lowest BCUT2D eigenvalue weighted by molar-refractivity contribution is 0.133. The second-order valence-corrected chi connectivity index (χ2v) is 4.53. The highest BCUT2D eigenvalue weighted by molar-refractivity contribution is 5.16. The third kappa shape index (κ3) is 2.64.